The van der Waals surface area contributed by atoms with E-state index in [1.165, 1.54) is 31.1 Å². The highest BCUT2D eigenvalue weighted by Crippen LogP contribution is 2.57. The van der Waals surface area contributed by atoms with Gasteiger partial charge in [-0.3, -0.25) is 0 Å². The smallest absolute Gasteiger partial charge is 0.200 e. The molecular formula is C34H28ClNPS2+. The van der Waals surface area contributed by atoms with Gasteiger partial charge in [-0.15, -0.1) is 35.5 Å². The molecule has 0 N–H and O–H groups in total. The van der Waals surface area contributed by atoms with E-state index in [4.69, 9.17) is 4.98 Å². The topological polar surface area (TPSA) is 12.9 Å². The zero-order valence-corrected chi connectivity index (χ0v) is 24.6. The second-order valence-corrected chi connectivity index (χ2v) is 14.5. The number of rotatable bonds is 8. The summed E-state index contributed by atoms with van der Waals surface area (Å²) in [5, 5.41) is 5.04. The Kier molecular flexibility index (Phi) is 8.96. The van der Waals surface area contributed by atoms with Crippen molar-refractivity contribution >= 4 is 64.1 Å². The SMILES string of the molecule is Cl.c1ccc(CSc2sc(-c3ccccc3)nc2[P+](c2ccccc2)(c2ccccc2)c2ccccc2)cc1. The predicted molar refractivity (Wildman–Crippen MR) is 176 cm³/mol. The number of hydrogen-bond donors (Lipinski definition) is 0. The number of halogens is 1. The van der Waals surface area contributed by atoms with Crippen molar-refractivity contribution in [3.63, 3.8) is 0 Å². The Morgan fingerprint density at radius 1 is 0.538 bits per heavy atom. The van der Waals surface area contributed by atoms with Gasteiger partial charge in [-0.05, 0) is 42.0 Å². The Bertz CT molecular complexity index is 1500. The Balaban J connectivity index is 0.00000308. The van der Waals surface area contributed by atoms with Crippen molar-refractivity contribution in [3.8, 4) is 10.6 Å². The van der Waals surface area contributed by atoms with Gasteiger partial charge < -0.3 is 0 Å². The van der Waals surface area contributed by atoms with Crippen LogP contribution in [0.2, 0.25) is 0 Å². The lowest BCUT2D eigenvalue weighted by molar-refractivity contribution is 1.40. The average molecular weight is 581 g/mol. The van der Waals surface area contributed by atoms with Crippen molar-refractivity contribution in [3.05, 3.63) is 157 Å². The van der Waals surface area contributed by atoms with Crippen LogP contribution in [0.4, 0.5) is 0 Å². The first kappa shape index (κ1) is 27.4. The van der Waals surface area contributed by atoms with Gasteiger partial charge >= 0.3 is 0 Å². The van der Waals surface area contributed by atoms with E-state index in [0.717, 1.165) is 16.3 Å². The molecule has 1 heterocycles. The molecule has 192 valence electrons. The maximum Gasteiger partial charge on any atom is 0.223 e. The predicted octanol–water partition coefficient (Wildman–Crippen LogP) is 8.14. The summed E-state index contributed by atoms with van der Waals surface area (Å²) >= 11 is 3.73. The van der Waals surface area contributed by atoms with Crippen LogP contribution in [0.1, 0.15) is 5.56 Å². The van der Waals surface area contributed by atoms with Crippen molar-refractivity contribution in [2.75, 3.05) is 0 Å². The summed E-state index contributed by atoms with van der Waals surface area (Å²) in [6.07, 6.45) is 0. The second-order valence-electron chi connectivity index (χ2n) is 8.95. The Hall–Kier alpha value is -3.20. The molecule has 0 atom stereocenters. The molecule has 6 rings (SSSR count). The van der Waals surface area contributed by atoms with E-state index in [-0.39, 0.29) is 12.4 Å². The van der Waals surface area contributed by atoms with E-state index in [2.05, 4.69) is 152 Å². The van der Waals surface area contributed by atoms with E-state index in [0.29, 0.717) is 0 Å². The molecule has 0 aliphatic heterocycles. The lowest BCUT2D eigenvalue weighted by Gasteiger charge is -2.26. The molecule has 0 amide bonds. The Morgan fingerprint density at radius 2 is 0.949 bits per heavy atom. The van der Waals surface area contributed by atoms with E-state index < -0.39 is 7.26 Å². The minimum atomic E-state index is -2.29. The summed E-state index contributed by atoms with van der Waals surface area (Å²) in [4.78, 5) is 5.54. The fraction of sp³-hybridized carbons (Fsp3) is 0.0294. The first-order chi connectivity index (χ1) is 18.9. The summed E-state index contributed by atoms with van der Waals surface area (Å²) in [6.45, 7) is 0. The zero-order chi connectivity index (χ0) is 25.6. The first-order valence-electron chi connectivity index (χ1n) is 12.6. The maximum atomic E-state index is 5.54. The van der Waals surface area contributed by atoms with Crippen LogP contribution in [0.3, 0.4) is 0 Å². The largest absolute Gasteiger partial charge is 0.223 e. The van der Waals surface area contributed by atoms with E-state index in [1.54, 1.807) is 0 Å². The number of hydrogen-bond acceptors (Lipinski definition) is 3. The monoisotopic (exact) mass is 580 g/mol. The van der Waals surface area contributed by atoms with Gasteiger partial charge in [0.05, 0.1) is 0 Å². The van der Waals surface area contributed by atoms with Crippen molar-refractivity contribution < 1.29 is 0 Å². The summed E-state index contributed by atoms with van der Waals surface area (Å²) in [6, 6.07) is 54.4. The molecule has 0 unspecified atom stereocenters. The van der Waals surface area contributed by atoms with Gasteiger partial charge in [0, 0.05) is 11.3 Å². The normalized spacial score (nSPS) is 11.1. The summed E-state index contributed by atoms with van der Waals surface area (Å²) < 4.78 is 1.29. The molecule has 5 aromatic carbocycles. The average Bonchev–Trinajstić information content (AvgIpc) is 3.44. The standard InChI is InChI=1S/C34H27NPS2.ClH/c1-6-16-27(17-7-1)26-37-34-32(35-33(38-34)28-18-8-2-9-19-28)36(29-20-10-3-11-21-29,30-22-12-4-13-23-30)31-24-14-5-15-25-31;/h1-25H,26H2;1H/q+1;. The first-order valence-corrected chi connectivity index (χ1v) is 16.2. The van der Waals surface area contributed by atoms with Crippen LogP contribution in [0.15, 0.2) is 156 Å². The molecule has 39 heavy (non-hydrogen) atoms. The number of thioether (sulfide) groups is 1. The highest BCUT2D eigenvalue weighted by Gasteiger charge is 2.52. The second kappa shape index (κ2) is 12.8. The van der Waals surface area contributed by atoms with Gasteiger partial charge in [0.15, 0.2) is 7.26 Å². The molecule has 0 aliphatic carbocycles. The number of aromatic nitrogens is 1. The summed E-state index contributed by atoms with van der Waals surface area (Å²) in [7, 11) is -2.29. The summed E-state index contributed by atoms with van der Waals surface area (Å²) in [5.41, 5.74) is 3.68. The molecule has 0 aliphatic rings. The Labute approximate surface area is 245 Å². The molecule has 0 bridgehead atoms. The van der Waals surface area contributed by atoms with Crippen LogP contribution in [0.5, 0.6) is 0 Å². The molecule has 6 aromatic rings. The molecule has 0 spiro atoms. The molecule has 0 radical (unpaired) electrons. The minimum absolute atomic E-state index is 0. The molecule has 5 heteroatoms. The van der Waals surface area contributed by atoms with Gasteiger partial charge in [0.1, 0.15) is 25.1 Å². The highest BCUT2D eigenvalue weighted by atomic mass is 35.5. The lowest BCUT2D eigenvalue weighted by Crippen LogP contribution is -2.39. The van der Waals surface area contributed by atoms with Crippen molar-refractivity contribution in [2.24, 2.45) is 0 Å². The molecular weight excluding hydrogens is 553 g/mol. The van der Waals surface area contributed by atoms with Crippen LogP contribution in [-0.2, 0) is 5.75 Å². The number of nitrogens with zero attached hydrogens (tertiary/aromatic N) is 1. The molecule has 0 fully saturated rings. The molecule has 0 saturated heterocycles. The fourth-order valence-corrected chi connectivity index (χ4v) is 12.0. The van der Waals surface area contributed by atoms with Crippen LogP contribution in [0, 0.1) is 0 Å². The molecule has 1 nitrogen and oxygen atoms in total. The minimum Gasteiger partial charge on any atom is -0.200 e. The van der Waals surface area contributed by atoms with E-state index >= 15 is 0 Å². The number of benzene rings is 5. The highest BCUT2D eigenvalue weighted by molar-refractivity contribution is 8.05. The van der Waals surface area contributed by atoms with E-state index in [9.17, 15) is 0 Å². The lowest BCUT2D eigenvalue weighted by atomic mass is 10.2. The van der Waals surface area contributed by atoms with Crippen LogP contribution in [-0.4, -0.2) is 4.98 Å². The quantitative estimate of drug-likeness (QED) is 0.133. The van der Waals surface area contributed by atoms with Crippen LogP contribution >= 0.6 is 42.8 Å². The fourth-order valence-electron chi connectivity index (χ4n) is 4.80. The zero-order valence-electron chi connectivity index (χ0n) is 21.3. The van der Waals surface area contributed by atoms with Gasteiger partial charge in [0.25, 0.3) is 0 Å². The van der Waals surface area contributed by atoms with Crippen molar-refractivity contribution in [2.45, 2.75) is 9.96 Å². The number of thiazole rings is 1. The van der Waals surface area contributed by atoms with Gasteiger partial charge in [-0.25, -0.2) is 0 Å². The molecule has 1 aromatic heterocycles. The van der Waals surface area contributed by atoms with Gasteiger partial charge in [-0.2, -0.15) is 4.98 Å². The Morgan fingerprint density at radius 3 is 1.41 bits per heavy atom. The third-order valence-corrected chi connectivity index (χ3v) is 13.5. The summed E-state index contributed by atoms with van der Waals surface area (Å²) in [5.74, 6) is 0.905. The maximum absolute atomic E-state index is 5.54. The van der Waals surface area contributed by atoms with Crippen LogP contribution < -0.4 is 21.3 Å². The van der Waals surface area contributed by atoms with Gasteiger partial charge in [0.2, 0.25) is 5.44 Å². The van der Waals surface area contributed by atoms with E-state index in [1.807, 2.05) is 23.1 Å². The molecule has 0 saturated carbocycles. The third-order valence-electron chi connectivity index (χ3n) is 6.56. The van der Waals surface area contributed by atoms with Crippen molar-refractivity contribution in [1.82, 2.24) is 4.98 Å². The van der Waals surface area contributed by atoms with Crippen LogP contribution in [0.25, 0.3) is 10.6 Å². The third kappa shape index (κ3) is 5.60. The van der Waals surface area contributed by atoms with Gasteiger partial charge in [-0.1, -0.05) is 115 Å². The van der Waals surface area contributed by atoms with Crippen molar-refractivity contribution in [1.29, 1.82) is 0 Å².